The Morgan fingerprint density at radius 1 is 1.33 bits per heavy atom. The Hall–Kier alpha value is -0.930. The molecule has 1 aromatic heterocycles. The predicted molar refractivity (Wildman–Crippen MR) is 89.1 cm³/mol. The van der Waals surface area contributed by atoms with Crippen molar-refractivity contribution in [1.29, 1.82) is 0 Å². The summed E-state index contributed by atoms with van der Waals surface area (Å²) in [6.45, 7) is 8.13. The van der Waals surface area contributed by atoms with E-state index in [9.17, 15) is 0 Å². The number of pyridine rings is 1. The molecule has 1 saturated carbocycles. The van der Waals surface area contributed by atoms with Crippen LogP contribution in [0, 0.1) is 11.3 Å². The summed E-state index contributed by atoms with van der Waals surface area (Å²) in [5, 5.41) is 3.54. The molecule has 1 N–H and O–H groups in total. The van der Waals surface area contributed by atoms with Gasteiger partial charge in [-0.1, -0.05) is 26.8 Å². The van der Waals surface area contributed by atoms with Gasteiger partial charge in [-0.15, -0.1) is 0 Å². The van der Waals surface area contributed by atoms with Gasteiger partial charge in [0.25, 0.3) is 0 Å². The minimum Gasteiger partial charge on any atom is -0.315 e. The molecule has 118 valence electrons. The zero-order chi connectivity index (χ0) is 15.5. The van der Waals surface area contributed by atoms with Crippen molar-refractivity contribution < 1.29 is 0 Å². The fourth-order valence-corrected chi connectivity index (χ4v) is 3.65. The molecule has 21 heavy (non-hydrogen) atoms. The summed E-state index contributed by atoms with van der Waals surface area (Å²) in [5.74, 6) is 0.809. The SMILES string of the molecule is CNC1CCC(C(C)(C)C)CC1N(C)Cc1cccnc1. The van der Waals surface area contributed by atoms with Crippen LogP contribution in [0.15, 0.2) is 24.5 Å². The number of hydrogen-bond donors (Lipinski definition) is 1. The van der Waals surface area contributed by atoms with Gasteiger partial charge in [-0.2, -0.15) is 0 Å². The molecule has 3 atom stereocenters. The van der Waals surface area contributed by atoms with Crippen molar-refractivity contribution >= 4 is 0 Å². The van der Waals surface area contributed by atoms with Gasteiger partial charge in [-0.3, -0.25) is 9.88 Å². The van der Waals surface area contributed by atoms with Gasteiger partial charge in [0, 0.05) is 31.0 Å². The Morgan fingerprint density at radius 3 is 2.67 bits per heavy atom. The molecule has 1 heterocycles. The molecule has 1 fully saturated rings. The summed E-state index contributed by atoms with van der Waals surface area (Å²) >= 11 is 0. The quantitative estimate of drug-likeness (QED) is 0.921. The van der Waals surface area contributed by atoms with Crippen LogP contribution >= 0.6 is 0 Å². The van der Waals surface area contributed by atoms with Crippen LogP contribution in [0.3, 0.4) is 0 Å². The highest BCUT2D eigenvalue weighted by Crippen LogP contribution is 2.39. The molecular weight excluding hydrogens is 258 g/mol. The van der Waals surface area contributed by atoms with Gasteiger partial charge >= 0.3 is 0 Å². The fourth-order valence-electron chi connectivity index (χ4n) is 3.65. The van der Waals surface area contributed by atoms with Crippen molar-refractivity contribution in [1.82, 2.24) is 15.2 Å². The molecular formula is C18H31N3. The van der Waals surface area contributed by atoms with Gasteiger partial charge in [-0.05, 0) is 56.3 Å². The molecule has 0 bridgehead atoms. The Morgan fingerprint density at radius 2 is 2.10 bits per heavy atom. The average molecular weight is 289 g/mol. The molecule has 0 amide bonds. The maximum Gasteiger partial charge on any atom is 0.0312 e. The lowest BCUT2D eigenvalue weighted by molar-refractivity contribution is 0.0710. The zero-order valence-corrected chi connectivity index (χ0v) is 14.3. The molecule has 0 spiro atoms. The van der Waals surface area contributed by atoms with Gasteiger partial charge in [0.2, 0.25) is 0 Å². The van der Waals surface area contributed by atoms with Crippen molar-refractivity contribution in [3.05, 3.63) is 30.1 Å². The van der Waals surface area contributed by atoms with Crippen LogP contribution in [-0.2, 0) is 6.54 Å². The third-order valence-electron chi connectivity index (χ3n) is 5.13. The lowest BCUT2D eigenvalue weighted by Crippen LogP contribution is -2.52. The number of hydrogen-bond acceptors (Lipinski definition) is 3. The first-order chi connectivity index (χ1) is 9.91. The normalized spacial score (nSPS) is 27.0. The van der Waals surface area contributed by atoms with Crippen LogP contribution < -0.4 is 5.32 Å². The third kappa shape index (κ3) is 4.27. The third-order valence-corrected chi connectivity index (χ3v) is 5.13. The summed E-state index contributed by atoms with van der Waals surface area (Å²) < 4.78 is 0. The first-order valence-electron chi connectivity index (χ1n) is 8.18. The second kappa shape index (κ2) is 6.89. The molecule has 0 aliphatic heterocycles. The summed E-state index contributed by atoms with van der Waals surface area (Å²) in [6, 6.07) is 5.40. The molecule has 2 rings (SSSR count). The largest absolute Gasteiger partial charge is 0.315 e. The zero-order valence-electron chi connectivity index (χ0n) is 14.3. The lowest BCUT2D eigenvalue weighted by atomic mass is 9.69. The van der Waals surface area contributed by atoms with E-state index in [4.69, 9.17) is 0 Å². The molecule has 1 aromatic rings. The summed E-state index contributed by atoms with van der Waals surface area (Å²) in [4.78, 5) is 6.74. The van der Waals surface area contributed by atoms with Crippen molar-refractivity contribution in [2.75, 3.05) is 14.1 Å². The van der Waals surface area contributed by atoms with E-state index in [0.717, 1.165) is 12.5 Å². The molecule has 0 aromatic carbocycles. The first-order valence-corrected chi connectivity index (χ1v) is 8.18. The van der Waals surface area contributed by atoms with Crippen LogP contribution in [-0.4, -0.2) is 36.1 Å². The smallest absolute Gasteiger partial charge is 0.0312 e. The number of likely N-dealkylation sites (N-methyl/N-ethyl adjacent to an activating group) is 2. The van der Waals surface area contributed by atoms with Crippen LogP contribution in [0.2, 0.25) is 0 Å². The van der Waals surface area contributed by atoms with Crippen molar-refractivity contribution in [2.45, 2.75) is 58.7 Å². The van der Waals surface area contributed by atoms with Crippen LogP contribution in [0.1, 0.15) is 45.6 Å². The van der Waals surface area contributed by atoms with E-state index >= 15 is 0 Å². The number of nitrogens with one attached hydrogen (secondary N) is 1. The summed E-state index contributed by atoms with van der Waals surface area (Å²) in [7, 11) is 4.36. The molecule has 0 radical (unpaired) electrons. The average Bonchev–Trinajstić information content (AvgIpc) is 2.46. The van der Waals surface area contributed by atoms with Crippen molar-refractivity contribution in [3.8, 4) is 0 Å². The second-order valence-corrected chi connectivity index (χ2v) is 7.61. The lowest BCUT2D eigenvalue weighted by Gasteiger charge is -2.45. The van der Waals surface area contributed by atoms with Gasteiger partial charge in [0.15, 0.2) is 0 Å². The number of nitrogens with zero attached hydrogens (tertiary/aromatic N) is 2. The summed E-state index contributed by atoms with van der Waals surface area (Å²) in [5.41, 5.74) is 1.71. The van der Waals surface area contributed by atoms with Crippen LogP contribution in [0.4, 0.5) is 0 Å². The first kappa shape index (κ1) is 16.4. The number of aromatic nitrogens is 1. The van der Waals surface area contributed by atoms with Crippen LogP contribution in [0.25, 0.3) is 0 Å². The predicted octanol–water partition coefficient (Wildman–Crippen LogP) is 3.32. The van der Waals surface area contributed by atoms with E-state index in [1.165, 1.54) is 24.8 Å². The second-order valence-electron chi connectivity index (χ2n) is 7.61. The van der Waals surface area contributed by atoms with E-state index in [-0.39, 0.29) is 0 Å². The highest BCUT2D eigenvalue weighted by Gasteiger charge is 2.36. The van der Waals surface area contributed by atoms with E-state index in [1.54, 1.807) is 0 Å². The minimum atomic E-state index is 0.409. The van der Waals surface area contributed by atoms with Crippen molar-refractivity contribution in [2.24, 2.45) is 11.3 Å². The Labute approximate surface area is 130 Å². The molecule has 1 aliphatic carbocycles. The standard InChI is InChI=1S/C18H31N3/c1-18(2,3)15-8-9-16(19-4)17(11-15)21(5)13-14-7-6-10-20-12-14/h6-7,10,12,15-17,19H,8-9,11,13H2,1-5H3. The van der Waals surface area contributed by atoms with Gasteiger partial charge < -0.3 is 5.32 Å². The maximum atomic E-state index is 4.23. The number of rotatable bonds is 4. The highest BCUT2D eigenvalue weighted by molar-refractivity contribution is 5.08. The van der Waals surface area contributed by atoms with Crippen LogP contribution in [0.5, 0.6) is 0 Å². The topological polar surface area (TPSA) is 28.2 Å². The van der Waals surface area contributed by atoms with Gasteiger partial charge in [0.1, 0.15) is 0 Å². The summed E-state index contributed by atoms with van der Waals surface area (Å²) in [6.07, 6.45) is 7.73. The van der Waals surface area contributed by atoms with E-state index < -0.39 is 0 Å². The monoisotopic (exact) mass is 289 g/mol. The molecule has 3 nitrogen and oxygen atoms in total. The van der Waals surface area contributed by atoms with E-state index in [2.05, 4.69) is 56.1 Å². The van der Waals surface area contributed by atoms with Crippen molar-refractivity contribution in [3.63, 3.8) is 0 Å². The van der Waals surface area contributed by atoms with Gasteiger partial charge in [-0.25, -0.2) is 0 Å². The maximum absolute atomic E-state index is 4.23. The molecule has 3 heteroatoms. The Kier molecular flexibility index (Phi) is 5.39. The highest BCUT2D eigenvalue weighted by atomic mass is 15.2. The fraction of sp³-hybridized carbons (Fsp3) is 0.722. The molecule has 3 unspecified atom stereocenters. The van der Waals surface area contributed by atoms with E-state index in [0.29, 0.717) is 17.5 Å². The Balaban J connectivity index is 2.06. The molecule has 0 saturated heterocycles. The minimum absolute atomic E-state index is 0.409. The van der Waals surface area contributed by atoms with Gasteiger partial charge in [0.05, 0.1) is 0 Å². The molecule has 1 aliphatic rings. The van der Waals surface area contributed by atoms with E-state index in [1.807, 2.05) is 18.5 Å². The Bertz CT molecular complexity index is 424.